The molecule has 0 spiro atoms. The van der Waals surface area contributed by atoms with Gasteiger partial charge in [-0.3, -0.25) is 4.79 Å². The molecule has 0 aliphatic rings. The van der Waals surface area contributed by atoms with Crippen LogP contribution in [0.5, 0.6) is 0 Å². The lowest BCUT2D eigenvalue weighted by molar-refractivity contribution is -0.123. The minimum absolute atomic E-state index is 0.0531. The monoisotopic (exact) mass is 338 g/mol. The van der Waals surface area contributed by atoms with Gasteiger partial charge in [-0.25, -0.2) is 4.79 Å². The Morgan fingerprint density at radius 2 is 2.00 bits per heavy atom. The summed E-state index contributed by atoms with van der Waals surface area (Å²) in [6, 6.07) is 3.69. The molecule has 1 aromatic rings. The van der Waals surface area contributed by atoms with Crippen molar-refractivity contribution >= 4 is 12.0 Å². The Morgan fingerprint density at radius 1 is 1.33 bits per heavy atom. The predicted molar refractivity (Wildman–Crippen MR) is 92.7 cm³/mol. The second-order valence-electron chi connectivity index (χ2n) is 7.02. The van der Waals surface area contributed by atoms with E-state index in [1.54, 1.807) is 7.05 Å². The van der Waals surface area contributed by atoms with Crippen LogP contribution in [0.15, 0.2) is 16.5 Å². The molecular formula is C18H30N2O4. The number of hydrogen-bond donors (Lipinski definition) is 1. The molecule has 0 saturated heterocycles. The van der Waals surface area contributed by atoms with Gasteiger partial charge in [-0.2, -0.15) is 0 Å². The molecule has 1 heterocycles. The Bertz CT molecular complexity index is 545. The van der Waals surface area contributed by atoms with Crippen LogP contribution in [0.2, 0.25) is 0 Å². The maximum Gasteiger partial charge on any atom is 0.409 e. The molecule has 0 aliphatic carbocycles. The predicted octanol–water partition coefficient (Wildman–Crippen LogP) is 3.52. The van der Waals surface area contributed by atoms with Gasteiger partial charge in [0.05, 0.1) is 13.2 Å². The maximum absolute atomic E-state index is 12.3. The van der Waals surface area contributed by atoms with Crippen molar-refractivity contribution in [3.8, 4) is 0 Å². The third-order valence-electron chi connectivity index (χ3n) is 3.87. The Hall–Kier alpha value is -1.98. The molecule has 0 fully saturated rings. The fourth-order valence-corrected chi connectivity index (χ4v) is 2.41. The summed E-state index contributed by atoms with van der Waals surface area (Å²) in [6.07, 6.45) is 1.35. The minimum Gasteiger partial charge on any atom is -0.464 e. The van der Waals surface area contributed by atoms with Gasteiger partial charge in [-0.15, -0.1) is 0 Å². The zero-order chi connectivity index (χ0) is 18.3. The number of hydrogen-bond acceptors (Lipinski definition) is 4. The lowest BCUT2D eigenvalue weighted by Gasteiger charge is -2.30. The zero-order valence-corrected chi connectivity index (χ0v) is 15.6. The summed E-state index contributed by atoms with van der Waals surface area (Å²) >= 11 is 0. The van der Waals surface area contributed by atoms with Crippen LogP contribution in [0.25, 0.3) is 0 Å². The van der Waals surface area contributed by atoms with Crippen molar-refractivity contribution in [3.05, 3.63) is 23.7 Å². The number of aryl methyl sites for hydroxylation is 1. The molecule has 136 valence electrons. The lowest BCUT2D eigenvalue weighted by atomic mass is 9.85. The molecule has 0 radical (unpaired) electrons. The number of methoxy groups -OCH3 is 1. The number of carbonyl (C=O) groups is 2. The molecule has 1 rings (SSSR count). The van der Waals surface area contributed by atoms with E-state index in [0.717, 1.165) is 17.9 Å². The first-order valence-electron chi connectivity index (χ1n) is 8.36. The molecule has 0 aromatic carbocycles. The second kappa shape index (κ2) is 8.76. The summed E-state index contributed by atoms with van der Waals surface area (Å²) in [5, 5.41) is 3.06. The first kappa shape index (κ1) is 20.1. The van der Waals surface area contributed by atoms with Crippen molar-refractivity contribution in [1.29, 1.82) is 0 Å². The molecule has 1 atom stereocenters. The number of amides is 2. The van der Waals surface area contributed by atoms with Crippen molar-refractivity contribution in [2.45, 2.75) is 53.0 Å². The highest BCUT2D eigenvalue weighted by Crippen LogP contribution is 2.33. The number of carbonyl (C=O) groups excluding carboxylic acids is 2. The van der Waals surface area contributed by atoms with Crippen LogP contribution in [0.3, 0.4) is 0 Å². The largest absolute Gasteiger partial charge is 0.464 e. The highest BCUT2D eigenvalue weighted by atomic mass is 16.5. The van der Waals surface area contributed by atoms with Gasteiger partial charge in [0.25, 0.3) is 0 Å². The van der Waals surface area contributed by atoms with Crippen LogP contribution >= 0.6 is 0 Å². The summed E-state index contributed by atoms with van der Waals surface area (Å²) < 4.78 is 10.5. The van der Waals surface area contributed by atoms with Crippen LogP contribution < -0.4 is 5.32 Å². The molecule has 6 heteroatoms. The summed E-state index contributed by atoms with van der Waals surface area (Å²) in [7, 11) is 2.99. The van der Waals surface area contributed by atoms with E-state index in [0.29, 0.717) is 19.4 Å². The Balaban J connectivity index is 2.61. The Labute approximate surface area is 144 Å². The van der Waals surface area contributed by atoms with Gasteiger partial charge in [-0.1, -0.05) is 27.7 Å². The molecule has 0 aliphatic heterocycles. The van der Waals surface area contributed by atoms with Gasteiger partial charge in [0.15, 0.2) is 0 Å². The Morgan fingerprint density at radius 3 is 2.50 bits per heavy atom. The van der Waals surface area contributed by atoms with E-state index in [1.165, 1.54) is 12.0 Å². The van der Waals surface area contributed by atoms with Crippen molar-refractivity contribution in [3.63, 3.8) is 0 Å². The first-order valence-corrected chi connectivity index (χ1v) is 8.36. The van der Waals surface area contributed by atoms with Gasteiger partial charge in [-0.05, 0) is 24.0 Å². The number of nitrogens with zero attached hydrogens (tertiary/aromatic N) is 1. The number of nitrogens with one attached hydrogen (secondary N) is 1. The molecule has 6 nitrogen and oxygen atoms in total. The number of furan rings is 1. The van der Waals surface area contributed by atoms with Crippen molar-refractivity contribution in [2.24, 2.45) is 5.41 Å². The van der Waals surface area contributed by atoms with Gasteiger partial charge in [0.2, 0.25) is 5.91 Å². The summed E-state index contributed by atoms with van der Waals surface area (Å²) in [5.74, 6) is 1.63. The molecule has 0 saturated carbocycles. The highest BCUT2D eigenvalue weighted by Gasteiger charge is 2.30. The average molecular weight is 338 g/mol. The summed E-state index contributed by atoms with van der Waals surface area (Å²) in [5.41, 5.74) is -0.165. The van der Waals surface area contributed by atoms with Crippen LogP contribution in [-0.2, 0) is 16.0 Å². The fraction of sp³-hybridized carbons (Fsp3) is 0.667. The topological polar surface area (TPSA) is 71.8 Å². The van der Waals surface area contributed by atoms with E-state index in [4.69, 9.17) is 4.42 Å². The van der Waals surface area contributed by atoms with E-state index < -0.39 is 6.09 Å². The van der Waals surface area contributed by atoms with Crippen LogP contribution in [-0.4, -0.2) is 37.6 Å². The molecule has 2 amide bonds. The Kier molecular flexibility index (Phi) is 7.32. The molecule has 0 bridgehead atoms. The van der Waals surface area contributed by atoms with Gasteiger partial charge in [0.1, 0.15) is 11.5 Å². The van der Waals surface area contributed by atoms with Crippen LogP contribution in [0, 0.1) is 5.41 Å². The minimum atomic E-state index is -0.398. The van der Waals surface area contributed by atoms with Crippen LogP contribution in [0.4, 0.5) is 4.79 Å². The van der Waals surface area contributed by atoms with E-state index in [2.05, 4.69) is 30.8 Å². The average Bonchev–Trinajstić information content (AvgIpc) is 2.99. The molecule has 1 aromatic heterocycles. The number of rotatable bonds is 7. The van der Waals surface area contributed by atoms with Crippen LogP contribution in [0.1, 0.15) is 58.1 Å². The molecule has 1 N–H and O–H groups in total. The van der Waals surface area contributed by atoms with E-state index in [9.17, 15) is 9.59 Å². The molecule has 24 heavy (non-hydrogen) atoms. The summed E-state index contributed by atoms with van der Waals surface area (Å²) in [6.45, 7) is 8.71. The third-order valence-corrected chi connectivity index (χ3v) is 3.87. The smallest absolute Gasteiger partial charge is 0.409 e. The standard InChI is InChI=1S/C18H30N2O4/c1-7-13-10-11-14(24-13)16(18(2,3)4)19-15(21)9-8-12-20(5)17(22)23-6/h10-11,16H,7-9,12H2,1-6H3,(H,19,21)/t16-/m1/s1. The zero-order valence-electron chi connectivity index (χ0n) is 15.6. The molecule has 0 unspecified atom stereocenters. The lowest BCUT2D eigenvalue weighted by Crippen LogP contribution is -2.37. The summed E-state index contributed by atoms with van der Waals surface area (Å²) in [4.78, 5) is 25.0. The third kappa shape index (κ3) is 5.91. The van der Waals surface area contributed by atoms with Crippen molar-refractivity contribution in [2.75, 3.05) is 20.7 Å². The fourth-order valence-electron chi connectivity index (χ4n) is 2.41. The van der Waals surface area contributed by atoms with E-state index in [1.807, 2.05) is 19.1 Å². The van der Waals surface area contributed by atoms with E-state index >= 15 is 0 Å². The molecular weight excluding hydrogens is 308 g/mol. The SMILES string of the molecule is CCc1ccc([C@@H](NC(=O)CCCN(C)C(=O)OC)C(C)(C)C)o1. The second-order valence-corrected chi connectivity index (χ2v) is 7.02. The van der Waals surface area contributed by atoms with Gasteiger partial charge >= 0.3 is 6.09 Å². The first-order chi connectivity index (χ1) is 11.2. The maximum atomic E-state index is 12.3. The highest BCUT2D eigenvalue weighted by molar-refractivity contribution is 5.76. The van der Waals surface area contributed by atoms with Gasteiger partial charge in [0, 0.05) is 26.4 Å². The van der Waals surface area contributed by atoms with Gasteiger partial charge < -0.3 is 19.4 Å². The van der Waals surface area contributed by atoms with Crippen molar-refractivity contribution in [1.82, 2.24) is 10.2 Å². The number of ether oxygens (including phenoxy) is 1. The quantitative estimate of drug-likeness (QED) is 0.825. The normalized spacial score (nSPS) is 12.6. The van der Waals surface area contributed by atoms with Crippen molar-refractivity contribution < 1.29 is 18.7 Å². The van der Waals surface area contributed by atoms with E-state index in [-0.39, 0.29) is 17.4 Å².